The SMILES string of the molecule is CCOC(=O)C(=O)N(Cc1ccc2ccc(C(=N)N)cc2c1)c1ccc(OC2CCNCC2)cc1. The molecular formula is C27H30N4O4. The summed E-state index contributed by atoms with van der Waals surface area (Å²) in [6.07, 6.45) is 2.06. The zero-order chi connectivity index (χ0) is 24.8. The number of rotatable bonds is 7. The van der Waals surface area contributed by atoms with Gasteiger partial charge in [-0.05, 0) is 85.6 Å². The van der Waals surface area contributed by atoms with E-state index in [1.807, 2.05) is 42.5 Å². The Balaban J connectivity index is 1.59. The molecule has 35 heavy (non-hydrogen) atoms. The third-order valence-corrected chi connectivity index (χ3v) is 5.99. The van der Waals surface area contributed by atoms with Crippen LogP contribution in [0.5, 0.6) is 5.75 Å². The van der Waals surface area contributed by atoms with Crippen molar-refractivity contribution in [2.75, 3.05) is 24.6 Å². The number of nitrogens with zero attached hydrogens (tertiary/aromatic N) is 1. The molecule has 0 unspecified atom stereocenters. The molecule has 0 bridgehead atoms. The zero-order valence-electron chi connectivity index (χ0n) is 19.8. The first kappa shape index (κ1) is 24.2. The maximum atomic E-state index is 13.0. The largest absolute Gasteiger partial charge is 0.490 e. The molecule has 1 heterocycles. The number of ether oxygens (including phenoxy) is 2. The highest BCUT2D eigenvalue weighted by Gasteiger charge is 2.25. The van der Waals surface area contributed by atoms with E-state index < -0.39 is 11.9 Å². The molecule has 3 aromatic carbocycles. The molecule has 0 saturated carbocycles. The molecule has 0 atom stereocenters. The van der Waals surface area contributed by atoms with Gasteiger partial charge in [0, 0.05) is 11.3 Å². The van der Waals surface area contributed by atoms with Crippen molar-refractivity contribution in [2.24, 2.45) is 5.73 Å². The van der Waals surface area contributed by atoms with Gasteiger partial charge in [0.1, 0.15) is 17.7 Å². The highest BCUT2D eigenvalue weighted by molar-refractivity contribution is 6.38. The summed E-state index contributed by atoms with van der Waals surface area (Å²) in [6.45, 7) is 3.82. The van der Waals surface area contributed by atoms with Crippen LogP contribution in [-0.2, 0) is 20.9 Å². The van der Waals surface area contributed by atoms with Gasteiger partial charge in [0.05, 0.1) is 13.2 Å². The van der Waals surface area contributed by atoms with Gasteiger partial charge in [-0.3, -0.25) is 15.1 Å². The van der Waals surface area contributed by atoms with Gasteiger partial charge >= 0.3 is 11.9 Å². The lowest BCUT2D eigenvalue weighted by molar-refractivity contribution is -0.153. The van der Waals surface area contributed by atoms with E-state index in [1.165, 1.54) is 4.90 Å². The molecule has 4 N–H and O–H groups in total. The fourth-order valence-corrected chi connectivity index (χ4v) is 4.14. The van der Waals surface area contributed by atoms with Gasteiger partial charge in [-0.2, -0.15) is 0 Å². The lowest BCUT2D eigenvalue weighted by Gasteiger charge is -2.25. The summed E-state index contributed by atoms with van der Waals surface area (Å²) in [7, 11) is 0. The van der Waals surface area contributed by atoms with Gasteiger partial charge in [-0.15, -0.1) is 0 Å². The van der Waals surface area contributed by atoms with Gasteiger partial charge in [0.25, 0.3) is 0 Å². The van der Waals surface area contributed by atoms with Crippen LogP contribution >= 0.6 is 0 Å². The number of benzene rings is 3. The molecule has 1 saturated heterocycles. The van der Waals surface area contributed by atoms with Gasteiger partial charge < -0.3 is 20.5 Å². The number of nitrogens with one attached hydrogen (secondary N) is 2. The van der Waals surface area contributed by atoms with E-state index in [1.54, 1.807) is 25.1 Å². The van der Waals surface area contributed by atoms with Crippen LogP contribution in [0, 0.1) is 5.41 Å². The molecule has 0 aromatic heterocycles. The van der Waals surface area contributed by atoms with E-state index in [9.17, 15) is 9.59 Å². The summed E-state index contributed by atoms with van der Waals surface area (Å²) in [5.41, 5.74) is 7.65. The summed E-state index contributed by atoms with van der Waals surface area (Å²) in [5.74, 6) is -0.923. The molecule has 182 valence electrons. The summed E-state index contributed by atoms with van der Waals surface area (Å²) in [6, 6.07) is 18.5. The predicted octanol–water partition coefficient (Wildman–Crippen LogP) is 3.35. The van der Waals surface area contributed by atoms with Crippen molar-refractivity contribution in [1.29, 1.82) is 5.41 Å². The first-order valence-electron chi connectivity index (χ1n) is 11.8. The molecule has 8 heteroatoms. The maximum absolute atomic E-state index is 13.0. The molecule has 1 aliphatic rings. The molecule has 0 aliphatic carbocycles. The number of nitrogen functional groups attached to an aromatic ring is 1. The Kier molecular flexibility index (Phi) is 7.62. The highest BCUT2D eigenvalue weighted by Crippen LogP contribution is 2.25. The number of carbonyl (C=O) groups is 2. The molecule has 0 spiro atoms. The Morgan fingerprint density at radius 3 is 2.43 bits per heavy atom. The second-order valence-electron chi connectivity index (χ2n) is 8.48. The van der Waals surface area contributed by atoms with Crippen molar-refractivity contribution in [3.8, 4) is 5.75 Å². The summed E-state index contributed by atoms with van der Waals surface area (Å²) in [4.78, 5) is 26.7. The van der Waals surface area contributed by atoms with E-state index in [0.29, 0.717) is 11.3 Å². The number of piperidine rings is 1. The number of anilines is 1. The summed E-state index contributed by atoms with van der Waals surface area (Å²) in [5, 5.41) is 12.9. The van der Waals surface area contributed by atoms with Crippen molar-refractivity contribution in [3.05, 3.63) is 71.8 Å². The molecule has 3 aromatic rings. The quantitative estimate of drug-likeness (QED) is 0.209. The Bertz CT molecular complexity index is 1220. The van der Waals surface area contributed by atoms with Gasteiger partial charge in [-0.1, -0.05) is 24.3 Å². The van der Waals surface area contributed by atoms with Crippen LogP contribution in [0.25, 0.3) is 10.8 Å². The Morgan fingerprint density at radius 1 is 1.03 bits per heavy atom. The van der Waals surface area contributed by atoms with Crippen molar-refractivity contribution in [3.63, 3.8) is 0 Å². The highest BCUT2D eigenvalue weighted by atomic mass is 16.5. The second-order valence-corrected chi connectivity index (χ2v) is 8.48. The zero-order valence-corrected chi connectivity index (χ0v) is 19.8. The third-order valence-electron chi connectivity index (χ3n) is 5.99. The average molecular weight is 475 g/mol. The molecule has 8 nitrogen and oxygen atoms in total. The molecular weight excluding hydrogens is 444 g/mol. The van der Waals surface area contributed by atoms with Gasteiger partial charge in [0.2, 0.25) is 0 Å². The third kappa shape index (κ3) is 5.96. The first-order chi connectivity index (χ1) is 16.9. The van der Waals surface area contributed by atoms with E-state index >= 15 is 0 Å². The topological polar surface area (TPSA) is 118 Å². The molecule has 1 aliphatic heterocycles. The smallest absolute Gasteiger partial charge is 0.397 e. The lowest BCUT2D eigenvalue weighted by Crippen LogP contribution is -2.37. The minimum Gasteiger partial charge on any atom is -0.490 e. The van der Waals surface area contributed by atoms with Crippen molar-refractivity contribution < 1.29 is 19.1 Å². The van der Waals surface area contributed by atoms with E-state index in [0.717, 1.165) is 48.0 Å². The number of hydrogen-bond acceptors (Lipinski definition) is 6. The lowest BCUT2D eigenvalue weighted by atomic mass is 10.0. The van der Waals surface area contributed by atoms with Crippen molar-refractivity contribution in [1.82, 2.24) is 5.32 Å². The van der Waals surface area contributed by atoms with Crippen LogP contribution in [0.2, 0.25) is 0 Å². The van der Waals surface area contributed by atoms with Crippen LogP contribution in [0.15, 0.2) is 60.7 Å². The number of hydrogen-bond donors (Lipinski definition) is 3. The number of carbonyl (C=O) groups excluding carboxylic acids is 2. The van der Waals surface area contributed by atoms with E-state index in [2.05, 4.69) is 5.32 Å². The maximum Gasteiger partial charge on any atom is 0.397 e. The van der Waals surface area contributed by atoms with Gasteiger partial charge in [0.15, 0.2) is 0 Å². The van der Waals surface area contributed by atoms with Gasteiger partial charge in [-0.25, -0.2) is 4.79 Å². The normalized spacial score (nSPS) is 13.9. The molecule has 1 fully saturated rings. The van der Waals surface area contributed by atoms with Crippen molar-refractivity contribution in [2.45, 2.75) is 32.4 Å². The first-order valence-corrected chi connectivity index (χ1v) is 11.8. The molecule has 4 rings (SSSR count). The summed E-state index contributed by atoms with van der Waals surface area (Å²) < 4.78 is 11.1. The van der Waals surface area contributed by atoms with Crippen LogP contribution < -0.4 is 20.7 Å². The molecule has 1 amide bonds. The Labute approximate surface area is 204 Å². The van der Waals surface area contributed by atoms with Crippen LogP contribution in [-0.4, -0.2) is 43.5 Å². The fourth-order valence-electron chi connectivity index (χ4n) is 4.14. The van der Waals surface area contributed by atoms with E-state index in [4.69, 9.17) is 20.6 Å². The number of nitrogens with two attached hydrogens (primary N) is 1. The predicted molar refractivity (Wildman–Crippen MR) is 136 cm³/mol. The number of esters is 1. The van der Waals surface area contributed by atoms with E-state index in [-0.39, 0.29) is 25.1 Å². The van der Waals surface area contributed by atoms with Crippen LogP contribution in [0.4, 0.5) is 5.69 Å². The number of amidine groups is 1. The minimum atomic E-state index is -0.901. The molecule has 0 radical (unpaired) electrons. The fraction of sp³-hybridized carbons (Fsp3) is 0.296. The minimum absolute atomic E-state index is 0.0109. The Morgan fingerprint density at radius 2 is 1.74 bits per heavy atom. The van der Waals surface area contributed by atoms with Crippen LogP contribution in [0.1, 0.15) is 30.9 Å². The average Bonchev–Trinajstić information content (AvgIpc) is 2.87. The Hall–Kier alpha value is -3.91. The number of amides is 1. The second kappa shape index (κ2) is 11.0. The number of fused-ring (bicyclic) bond motifs is 1. The van der Waals surface area contributed by atoms with Crippen LogP contribution in [0.3, 0.4) is 0 Å². The van der Waals surface area contributed by atoms with Crippen molar-refractivity contribution >= 4 is 34.2 Å². The summed E-state index contributed by atoms with van der Waals surface area (Å²) >= 11 is 0. The monoisotopic (exact) mass is 474 g/mol. The standard InChI is InChI=1S/C27H30N4O4/c1-2-34-27(33)26(32)31(22-7-9-23(10-8-22)35-24-11-13-30-14-12-24)17-18-3-4-19-5-6-20(25(28)29)16-21(19)15-18/h3-10,15-16,24,30H,2,11-14,17H2,1H3,(H3,28,29).